The molecule has 0 saturated heterocycles. The van der Waals surface area contributed by atoms with Crippen molar-refractivity contribution in [1.82, 2.24) is 5.43 Å². The van der Waals surface area contributed by atoms with Crippen molar-refractivity contribution in [3.63, 3.8) is 0 Å². The number of hydrazone groups is 1. The highest BCUT2D eigenvalue weighted by atomic mass is 16.5. The van der Waals surface area contributed by atoms with Crippen molar-refractivity contribution in [3.8, 4) is 5.75 Å². The maximum Gasteiger partial charge on any atom is 0.240 e. The molecule has 4 saturated carbocycles. The van der Waals surface area contributed by atoms with Crippen LogP contribution in [-0.4, -0.2) is 41.7 Å². The molecule has 0 aliphatic heterocycles. The maximum absolute atomic E-state index is 12.5. The molecule has 6 nitrogen and oxygen atoms in total. The van der Waals surface area contributed by atoms with Crippen LogP contribution < -0.4 is 10.2 Å². The molecule has 6 heteroatoms. The molecule has 0 bridgehead atoms. The van der Waals surface area contributed by atoms with E-state index in [1.165, 1.54) is 25.7 Å². The van der Waals surface area contributed by atoms with E-state index in [9.17, 15) is 15.0 Å². The molecule has 0 unspecified atom stereocenters. The first kappa shape index (κ1) is 27.6. The van der Waals surface area contributed by atoms with Gasteiger partial charge in [0.1, 0.15) is 5.75 Å². The molecule has 38 heavy (non-hydrogen) atoms. The predicted molar refractivity (Wildman–Crippen MR) is 150 cm³/mol. The summed E-state index contributed by atoms with van der Waals surface area (Å²) in [7, 11) is 1.64. The molecule has 4 fully saturated rings. The molecule has 4 aliphatic carbocycles. The molecule has 210 valence electrons. The first-order valence-electron chi connectivity index (χ1n) is 15.0. The van der Waals surface area contributed by atoms with Crippen LogP contribution in [0.1, 0.15) is 90.5 Å². The number of fused-ring (bicyclic) bond motifs is 5. The van der Waals surface area contributed by atoms with E-state index in [0.717, 1.165) is 43.4 Å². The second-order valence-electron chi connectivity index (χ2n) is 13.5. The topological polar surface area (TPSA) is 91.2 Å². The van der Waals surface area contributed by atoms with Gasteiger partial charge in [-0.2, -0.15) is 5.10 Å². The van der Waals surface area contributed by atoms with E-state index in [-0.39, 0.29) is 28.9 Å². The lowest BCUT2D eigenvalue weighted by molar-refractivity contribution is -0.174. The zero-order valence-electron chi connectivity index (χ0n) is 23.7. The van der Waals surface area contributed by atoms with E-state index in [2.05, 4.69) is 31.3 Å². The number of nitrogens with zero attached hydrogens (tertiary/aromatic N) is 1. The van der Waals surface area contributed by atoms with Crippen LogP contribution in [0.4, 0.5) is 0 Å². The van der Waals surface area contributed by atoms with E-state index in [1.807, 2.05) is 24.3 Å². The Bertz CT molecular complexity index is 1010. The number of methoxy groups -OCH3 is 1. The Morgan fingerprint density at radius 1 is 1.08 bits per heavy atom. The zero-order valence-corrected chi connectivity index (χ0v) is 23.7. The summed E-state index contributed by atoms with van der Waals surface area (Å²) < 4.78 is 5.17. The van der Waals surface area contributed by atoms with Crippen molar-refractivity contribution >= 4 is 12.1 Å². The van der Waals surface area contributed by atoms with Crippen LogP contribution >= 0.6 is 0 Å². The maximum atomic E-state index is 12.5. The number of aliphatic hydroxyl groups is 2. The molecule has 0 radical (unpaired) electrons. The number of carbonyl (C=O) groups is 1. The van der Waals surface area contributed by atoms with Crippen LogP contribution in [0.2, 0.25) is 0 Å². The minimum Gasteiger partial charge on any atom is -0.497 e. The number of rotatable bonds is 7. The van der Waals surface area contributed by atoms with Crippen molar-refractivity contribution in [2.45, 2.75) is 97.2 Å². The van der Waals surface area contributed by atoms with Gasteiger partial charge in [0.05, 0.1) is 25.5 Å². The molecule has 3 N–H and O–H groups in total. The summed E-state index contributed by atoms with van der Waals surface area (Å²) >= 11 is 0. The number of hydrogen-bond donors (Lipinski definition) is 3. The van der Waals surface area contributed by atoms with Crippen LogP contribution in [0, 0.1) is 46.3 Å². The molecule has 5 rings (SSSR count). The minimum atomic E-state index is -0.239. The van der Waals surface area contributed by atoms with Gasteiger partial charge in [-0.25, -0.2) is 5.43 Å². The summed E-state index contributed by atoms with van der Waals surface area (Å²) in [5.41, 5.74) is 4.11. The number of nitrogens with one attached hydrogen (secondary N) is 1. The van der Waals surface area contributed by atoms with Crippen LogP contribution in [-0.2, 0) is 4.79 Å². The summed E-state index contributed by atoms with van der Waals surface area (Å²) in [6.45, 7) is 7.29. The molecule has 0 heterocycles. The van der Waals surface area contributed by atoms with E-state index in [4.69, 9.17) is 4.74 Å². The lowest BCUT2D eigenvalue weighted by atomic mass is 9.43. The monoisotopic (exact) mass is 524 g/mol. The van der Waals surface area contributed by atoms with Crippen molar-refractivity contribution in [1.29, 1.82) is 0 Å². The van der Waals surface area contributed by atoms with E-state index in [1.54, 1.807) is 13.3 Å². The van der Waals surface area contributed by atoms with Gasteiger partial charge in [-0.05, 0) is 134 Å². The standard InChI is InChI=1S/C32H48N2O4/c1-20(5-12-29(37)34-33-19-21-6-8-24(38-4)9-7-21)25-10-11-26-30-27(14-16-32(25,26)3)31(2)15-13-23(35)17-22(31)18-28(30)36/h6-9,19-20,22-23,25-28,30,35-36H,5,10-18H2,1-4H3,(H,34,37)/b33-19-/t20-,22+,23-,25-,26+,27+,28+,30+,31-,32-/m0/s1. The van der Waals surface area contributed by atoms with Gasteiger partial charge in [0.25, 0.3) is 0 Å². The molecule has 10 atom stereocenters. The van der Waals surface area contributed by atoms with E-state index >= 15 is 0 Å². The summed E-state index contributed by atoms with van der Waals surface area (Å²) in [5, 5.41) is 25.9. The minimum absolute atomic E-state index is 0.0359. The van der Waals surface area contributed by atoms with Gasteiger partial charge < -0.3 is 14.9 Å². The summed E-state index contributed by atoms with van der Waals surface area (Å²) in [5.74, 6) is 3.79. The Hall–Kier alpha value is -1.92. The molecule has 4 aliphatic rings. The number of hydrogen-bond acceptors (Lipinski definition) is 5. The predicted octanol–water partition coefficient (Wildman–Crippen LogP) is 5.55. The SMILES string of the molecule is COc1ccc(/C=N\NC(=O)CC[C@H](C)[C@@H]2CC[C@@H]3[C@H]4[C@H](O)C[C@H]5C[C@@H](O)CC[C@]5(C)[C@@H]4CC[C@]32C)cc1. The summed E-state index contributed by atoms with van der Waals surface area (Å²) in [6.07, 6.45) is 11.2. The fraction of sp³-hybridized carbons (Fsp3) is 0.750. The quantitative estimate of drug-likeness (QED) is 0.322. The highest BCUT2D eigenvalue weighted by molar-refractivity contribution is 5.82. The van der Waals surface area contributed by atoms with Gasteiger partial charge in [-0.3, -0.25) is 4.79 Å². The highest BCUT2D eigenvalue weighted by Gasteiger charge is 2.62. The number of amides is 1. The first-order valence-corrected chi connectivity index (χ1v) is 15.0. The van der Waals surface area contributed by atoms with Gasteiger partial charge in [0.15, 0.2) is 0 Å². The van der Waals surface area contributed by atoms with Gasteiger partial charge in [0.2, 0.25) is 5.91 Å². The molecule has 1 aromatic carbocycles. The third-order valence-corrected chi connectivity index (χ3v) is 11.8. The summed E-state index contributed by atoms with van der Waals surface area (Å²) in [6, 6.07) is 7.56. The largest absolute Gasteiger partial charge is 0.497 e. The molecule has 0 aromatic heterocycles. The average molecular weight is 525 g/mol. The fourth-order valence-corrected chi connectivity index (χ4v) is 9.66. The van der Waals surface area contributed by atoms with Crippen molar-refractivity contribution < 1.29 is 19.7 Å². The second kappa shape index (κ2) is 10.9. The third-order valence-electron chi connectivity index (χ3n) is 11.8. The second-order valence-corrected chi connectivity index (χ2v) is 13.5. The van der Waals surface area contributed by atoms with Gasteiger partial charge >= 0.3 is 0 Å². The summed E-state index contributed by atoms with van der Waals surface area (Å²) in [4.78, 5) is 12.5. The van der Waals surface area contributed by atoms with Crippen LogP contribution in [0.25, 0.3) is 0 Å². The molecule has 1 aromatic rings. The number of ether oxygens (including phenoxy) is 1. The Morgan fingerprint density at radius 2 is 1.79 bits per heavy atom. The van der Waals surface area contributed by atoms with Gasteiger partial charge in [0, 0.05) is 6.42 Å². The van der Waals surface area contributed by atoms with Crippen molar-refractivity contribution in [2.75, 3.05) is 7.11 Å². The molecule has 0 spiro atoms. The van der Waals surface area contributed by atoms with Crippen LogP contribution in [0.5, 0.6) is 5.75 Å². The normalized spacial score (nSPS) is 41.2. The van der Waals surface area contributed by atoms with Crippen molar-refractivity contribution in [2.24, 2.45) is 51.4 Å². The zero-order chi connectivity index (χ0) is 27.1. The molecule has 1 amide bonds. The number of benzene rings is 1. The third kappa shape index (κ3) is 5.03. The molecular formula is C32H48N2O4. The Labute approximate surface area is 228 Å². The Kier molecular flexibility index (Phi) is 7.94. The Balaban J connectivity index is 1.17. The van der Waals surface area contributed by atoms with Crippen LogP contribution in [0.15, 0.2) is 29.4 Å². The van der Waals surface area contributed by atoms with Crippen LogP contribution in [0.3, 0.4) is 0 Å². The van der Waals surface area contributed by atoms with Gasteiger partial charge in [-0.1, -0.05) is 20.8 Å². The lowest BCUT2D eigenvalue weighted by Gasteiger charge is -2.62. The van der Waals surface area contributed by atoms with Gasteiger partial charge in [-0.15, -0.1) is 0 Å². The van der Waals surface area contributed by atoms with E-state index < -0.39 is 0 Å². The lowest BCUT2D eigenvalue weighted by Crippen LogP contribution is -2.58. The van der Waals surface area contributed by atoms with E-state index in [0.29, 0.717) is 41.9 Å². The smallest absolute Gasteiger partial charge is 0.240 e. The number of aliphatic hydroxyl groups excluding tert-OH is 2. The molecular weight excluding hydrogens is 476 g/mol. The highest BCUT2D eigenvalue weighted by Crippen LogP contribution is 2.68. The fourth-order valence-electron chi connectivity index (χ4n) is 9.66. The van der Waals surface area contributed by atoms with Crippen molar-refractivity contribution in [3.05, 3.63) is 29.8 Å². The average Bonchev–Trinajstić information content (AvgIpc) is 3.26. The number of carbonyl (C=O) groups excluding carboxylic acids is 1. The Morgan fingerprint density at radius 3 is 2.53 bits per heavy atom. The first-order chi connectivity index (χ1) is 18.2.